The van der Waals surface area contributed by atoms with Gasteiger partial charge in [0.05, 0.1) is 12.1 Å². The van der Waals surface area contributed by atoms with Gasteiger partial charge in [0.2, 0.25) is 0 Å². The molecule has 1 aliphatic carbocycles. The van der Waals surface area contributed by atoms with Crippen molar-refractivity contribution in [2.75, 3.05) is 6.54 Å². The zero-order valence-electron chi connectivity index (χ0n) is 9.51. The predicted molar refractivity (Wildman–Crippen MR) is 60.9 cm³/mol. The predicted octanol–water partition coefficient (Wildman–Crippen LogP) is 2.68. The van der Waals surface area contributed by atoms with Gasteiger partial charge in [-0.15, -0.1) is 0 Å². The van der Waals surface area contributed by atoms with Gasteiger partial charge in [0.15, 0.2) is 5.78 Å². The number of carbonyl (C=O) groups is 1. The Morgan fingerprint density at radius 3 is 2.41 bits per heavy atom. The number of hydrogen-bond acceptors (Lipinski definition) is 2. The SMILES string of the molecule is O=C(CNC1CCCC1)c1c(F)cccc1F. The summed E-state index contributed by atoms with van der Waals surface area (Å²) in [7, 11) is 0. The minimum Gasteiger partial charge on any atom is -0.307 e. The second kappa shape index (κ2) is 5.36. The summed E-state index contributed by atoms with van der Waals surface area (Å²) in [6.07, 6.45) is 4.37. The van der Waals surface area contributed by atoms with E-state index in [0.717, 1.165) is 37.8 Å². The maximum atomic E-state index is 13.3. The van der Waals surface area contributed by atoms with Crippen LogP contribution in [-0.4, -0.2) is 18.4 Å². The molecule has 2 nitrogen and oxygen atoms in total. The Labute approximate surface area is 99.0 Å². The molecule has 0 heterocycles. The lowest BCUT2D eigenvalue weighted by Crippen LogP contribution is -2.32. The normalized spacial score (nSPS) is 16.4. The first-order valence-electron chi connectivity index (χ1n) is 5.89. The van der Waals surface area contributed by atoms with E-state index in [4.69, 9.17) is 0 Å². The van der Waals surface area contributed by atoms with Crippen LogP contribution in [0.2, 0.25) is 0 Å². The van der Waals surface area contributed by atoms with Gasteiger partial charge in [-0.3, -0.25) is 4.79 Å². The van der Waals surface area contributed by atoms with Crippen molar-refractivity contribution in [2.24, 2.45) is 0 Å². The van der Waals surface area contributed by atoms with Gasteiger partial charge in [0, 0.05) is 6.04 Å². The molecule has 0 bridgehead atoms. The van der Waals surface area contributed by atoms with Gasteiger partial charge in [-0.05, 0) is 25.0 Å². The Kier molecular flexibility index (Phi) is 3.84. The number of carbonyl (C=O) groups excluding carboxylic acids is 1. The van der Waals surface area contributed by atoms with Crippen molar-refractivity contribution < 1.29 is 13.6 Å². The van der Waals surface area contributed by atoms with E-state index >= 15 is 0 Å². The molecular formula is C13H15F2NO. The molecule has 4 heteroatoms. The third-order valence-electron chi connectivity index (χ3n) is 3.15. The molecule has 92 valence electrons. The molecule has 1 aromatic carbocycles. The number of Topliss-reactive ketones (excluding diaryl/α,β-unsaturated/α-hetero) is 1. The molecule has 0 aromatic heterocycles. The highest BCUT2D eigenvalue weighted by atomic mass is 19.1. The van der Waals surface area contributed by atoms with Crippen molar-refractivity contribution in [3.8, 4) is 0 Å². The van der Waals surface area contributed by atoms with Crippen LogP contribution >= 0.6 is 0 Å². The maximum Gasteiger partial charge on any atom is 0.182 e. The second-order valence-electron chi connectivity index (χ2n) is 4.38. The highest BCUT2D eigenvalue weighted by Crippen LogP contribution is 2.18. The third-order valence-corrected chi connectivity index (χ3v) is 3.15. The van der Waals surface area contributed by atoms with Crippen molar-refractivity contribution >= 4 is 5.78 Å². The average molecular weight is 239 g/mol. The van der Waals surface area contributed by atoms with Gasteiger partial charge in [0.1, 0.15) is 11.6 Å². The second-order valence-corrected chi connectivity index (χ2v) is 4.38. The van der Waals surface area contributed by atoms with Gasteiger partial charge in [-0.1, -0.05) is 18.9 Å². The summed E-state index contributed by atoms with van der Waals surface area (Å²) < 4.78 is 26.6. The quantitative estimate of drug-likeness (QED) is 0.818. The van der Waals surface area contributed by atoms with Crippen molar-refractivity contribution in [1.82, 2.24) is 5.32 Å². The van der Waals surface area contributed by atoms with Crippen LogP contribution in [0.15, 0.2) is 18.2 Å². The Morgan fingerprint density at radius 2 is 1.82 bits per heavy atom. The van der Waals surface area contributed by atoms with Crippen LogP contribution in [0.4, 0.5) is 8.78 Å². The molecule has 1 saturated carbocycles. The number of halogens is 2. The molecule has 2 rings (SSSR count). The van der Waals surface area contributed by atoms with Gasteiger partial charge < -0.3 is 5.32 Å². The zero-order chi connectivity index (χ0) is 12.3. The van der Waals surface area contributed by atoms with E-state index in [1.807, 2.05) is 0 Å². The summed E-state index contributed by atoms with van der Waals surface area (Å²) in [5.41, 5.74) is -0.432. The van der Waals surface area contributed by atoms with E-state index in [9.17, 15) is 13.6 Å². The Balaban J connectivity index is 1.99. The molecule has 0 radical (unpaired) electrons. The topological polar surface area (TPSA) is 29.1 Å². The van der Waals surface area contributed by atoms with Crippen molar-refractivity contribution in [1.29, 1.82) is 0 Å². The molecule has 0 atom stereocenters. The van der Waals surface area contributed by atoms with Crippen LogP contribution in [0, 0.1) is 11.6 Å². The smallest absolute Gasteiger partial charge is 0.182 e. The molecule has 1 N–H and O–H groups in total. The van der Waals surface area contributed by atoms with Gasteiger partial charge in [-0.25, -0.2) is 8.78 Å². The largest absolute Gasteiger partial charge is 0.307 e. The number of nitrogens with one attached hydrogen (secondary N) is 1. The van der Waals surface area contributed by atoms with Crippen molar-refractivity contribution in [3.05, 3.63) is 35.4 Å². The molecule has 0 amide bonds. The lowest BCUT2D eigenvalue weighted by Gasteiger charge is -2.11. The van der Waals surface area contributed by atoms with E-state index in [0.29, 0.717) is 6.04 Å². The van der Waals surface area contributed by atoms with Crippen molar-refractivity contribution in [3.63, 3.8) is 0 Å². The summed E-state index contributed by atoms with van der Waals surface area (Å²) in [5.74, 6) is -2.10. The minimum atomic E-state index is -0.789. The first-order valence-corrected chi connectivity index (χ1v) is 5.89. The lowest BCUT2D eigenvalue weighted by atomic mass is 10.1. The van der Waals surface area contributed by atoms with E-state index in [2.05, 4.69) is 5.32 Å². The fourth-order valence-electron chi connectivity index (χ4n) is 2.22. The van der Waals surface area contributed by atoms with E-state index < -0.39 is 23.0 Å². The van der Waals surface area contributed by atoms with Crippen LogP contribution in [-0.2, 0) is 0 Å². The Morgan fingerprint density at radius 1 is 1.24 bits per heavy atom. The molecule has 0 saturated heterocycles. The van der Waals surface area contributed by atoms with Gasteiger partial charge >= 0.3 is 0 Å². The molecule has 0 aliphatic heterocycles. The van der Waals surface area contributed by atoms with E-state index in [1.54, 1.807) is 0 Å². The summed E-state index contributed by atoms with van der Waals surface area (Å²) in [6, 6.07) is 3.78. The number of hydrogen-bond donors (Lipinski definition) is 1. The van der Waals surface area contributed by atoms with Gasteiger partial charge in [0.25, 0.3) is 0 Å². The van der Waals surface area contributed by atoms with Crippen LogP contribution in [0.3, 0.4) is 0 Å². The third kappa shape index (κ3) is 2.88. The highest BCUT2D eigenvalue weighted by Gasteiger charge is 2.19. The summed E-state index contributed by atoms with van der Waals surface area (Å²) in [6.45, 7) is 0.00250. The molecule has 0 spiro atoms. The number of ketones is 1. The number of rotatable bonds is 4. The first kappa shape index (κ1) is 12.2. The van der Waals surface area contributed by atoms with Gasteiger partial charge in [-0.2, -0.15) is 0 Å². The molecule has 1 aliphatic rings. The summed E-state index contributed by atoms with van der Waals surface area (Å²) >= 11 is 0. The van der Waals surface area contributed by atoms with Crippen LogP contribution in [0.5, 0.6) is 0 Å². The lowest BCUT2D eigenvalue weighted by molar-refractivity contribution is 0.0979. The highest BCUT2D eigenvalue weighted by molar-refractivity contribution is 5.98. The zero-order valence-corrected chi connectivity index (χ0v) is 9.51. The summed E-state index contributed by atoms with van der Waals surface area (Å²) in [4.78, 5) is 11.7. The van der Waals surface area contributed by atoms with E-state index in [-0.39, 0.29) is 6.54 Å². The molecule has 1 aromatic rings. The molecular weight excluding hydrogens is 224 g/mol. The Hall–Kier alpha value is -1.29. The fourth-order valence-corrected chi connectivity index (χ4v) is 2.22. The van der Waals surface area contributed by atoms with E-state index in [1.165, 1.54) is 6.07 Å². The number of benzene rings is 1. The molecule has 1 fully saturated rings. The Bertz CT molecular complexity index is 394. The van der Waals surface area contributed by atoms with Crippen LogP contribution in [0.25, 0.3) is 0 Å². The standard InChI is InChI=1S/C13H15F2NO/c14-10-6-3-7-11(15)13(10)12(17)8-16-9-4-1-2-5-9/h3,6-7,9,16H,1-2,4-5,8H2. The molecule has 17 heavy (non-hydrogen) atoms. The van der Waals surface area contributed by atoms with Crippen LogP contribution in [0.1, 0.15) is 36.0 Å². The first-order chi connectivity index (χ1) is 8.18. The summed E-state index contributed by atoms with van der Waals surface area (Å²) in [5, 5.41) is 3.05. The average Bonchev–Trinajstić information content (AvgIpc) is 2.79. The fraction of sp³-hybridized carbons (Fsp3) is 0.462. The van der Waals surface area contributed by atoms with Crippen LogP contribution < -0.4 is 5.32 Å². The maximum absolute atomic E-state index is 13.3. The van der Waals surface area contributed by atoms with Crippen molar-refractivity contribution in [2.45, 2.75) is 31.7 Å². The molecule has 0 unspecified atom stereocenters. The monoisotopic (exact) mass is 239 g/mol. The minimum absolute atomic E-state index is 0.00250.